The quantitative estimate of drug-likeness (QED) is 0.892. The second-order valence-electron chi connectivity index (χ2n) is 5.58. The summed E-state index contributed by atoms with van der Waals surface area (Å²) in [5.41, 5.74) is 0.395. The highest BCUT2D eigenvalue weighted by Crippen LogP contribution is 2.37. The molecule has 1 atom stereocenters. The van der Waals surface area contributed by atoms with Crippen LogP contribution in [0.2, 0.25) is 5.02 Å². The molecule has 0 saturated carbocycles. The van der Waals surface area contributed by atoms with Gasteiger partial charge in [0.05, 0.1) is 10.7 Å². The average Bonchev–Trinajstić information content (AvgIpc) is 2.46. The topological polar surface area (TPSA) is 75.7 Å². The van der Waals surface area contributed by atoms with Crippen LogP contribution in [-0.2, 0) is 14.8 Å². The molecule has 0 spiro atoms. The highest BCUT2D eigenvalue weighted by molar-refractivity contribution is 7.89. The molecule has 2 aliphatic heterocycles. The standard InChI is InChI=1S/C14H17ClN2O4S/c1-9-4-2-3-5-17(9)22(19,20)13-7-12-11(6-10(13)15)16-14(18)8-21-12/h6-7,9H,2-5,8H2,1H3,(H,16,18)/t9-/m1/s1. The van der Waals surface area contributed by atoms with E-state index in [4.69, 9.17) is 16.3 Å². The molecule has 8 heteroatoms. The van der Waals surface area contributed by atoms with Gasteiger partial charge in [-0.1, -0.05) is 18.0 Å². The number of piperidine rings is 1. The molecule has 0 radical (unpaired) electrons. The van der Waals surface area contributed by atoms with Crippen molar-refractivity contribution in [3.63, 3.8) is 0 Å². The molecule has 120 valence electrons. The van der Waals surface area contributed by atoms with Gasteiger partial charge in [0.25, 0.3) is 5.91 Å². The van der Waals surface area contributed by atoms with Crippen LogP contribution >= 0.6 is 11.6 Å². The van der Waals surface area contributed by atoms with E-state index in [2.05, 4.69) is 5.32 Å². The fraction of sp³-hybridized carbons (Fsp3) is 0.500. The van der Waals surface area contributed by atoms with E-state index in [-0.39, 0.29) is 28.5 Å². The van der Waals surface area contributed by atoms with Gasteiger partial charge in [-0.2, -0.15) is 4.31 Å². The molecule has 0 bridgehead atoms. The number of sulfonamides is 1. The van der Waals surface area contributed by atoms with Gasteiger partial charge in [0, 0.05) is 18.7 Å². The molecule has 2 heterocycles. The molecular formula is C14H17ClN2O4S. The lowest BCUT2D eigenvalue weighted by atomic mass is 10.1. The van der Waals surface area contributed by atoms with Crippen molar-refractivity contribution in [3.8, 4) is 5.75 Å². The van der Waals surface area contributed by atoms with E-state index in [9.17, 15) is 13.2 Å². The second kappa shape index (κ2) is 5.72. The van der Waals surface area contributed by atoms with Gasteiger partial charge in [0.2, 0.25) is 10.0 Å². The molecule has 1 amide bonds. The Kier molecular flexibility index (Phi) is 4.05. The van der Waals surface area contributed by atoms with Crippen molar-refractivity contribution in [2.45, 2.75) is 37.1 Å². The van der Waals surface area contributed by atoms with Gasteiger partial charge in [-0.3, -0.25) is 4.79 Å². The van der Waals surface area contributed by atoms with E-state index in [1.54, 1.807) is 0 Å². The van der Waals surface area contributed by atoms with Crippen molar-refractivity contribution in [1.82, 2.24) is 4.31 Å². The Morgan fingerprint density at radius 1 is 1.36 bits per heavy atom. The molecule has 1 aromatic carbocycles. The van der Waals surface area contributed by atoms with E-state index in [1.165, 1.54) is 16.4 Å². The molecule has 22 heavy (non-hydrogen) atoms. The highest BCUT2D eigenvalue weighted by Gasteiger charge is 2.33. The number of amides is 1. The predicted molar refractivity (Wildman–Crippen MR) is 82.8 cm³/mol. The zero-order valence-electron chi connectivity index (χ0n) is 12.1. The first-order valence-corrected chi connectivity index (χ1v) is 8.99. The largest absolute Gasteiger partial charge is 0.482 e. The Morgan fingerprint density at radius 3 is 2.86 bits per heavy atom. The van der Waals surface area contributed by atoms with Gasteiger partial charge in [-0.15, -0.1) is 0 Å². The van der Waals surface area contributed by atoms with Crippen LogP contribution in [0.5, 0.6) is 5.75 Å². The normalized spacial score (nSPS) is 22.6. The predicted octanol–water partition coefficient (Wildman–Crippen LogP) is 2.23. The first-order chi connectivity index (χ1) is 10.4. The number of hydrogen-bond donors (Lipinski definition) is 1. The Bertz CT molecular complexity index is 720. The lowest BCUT2D eigenvalue weighted by Gasteiger charge is -2.32. The van der Waals surface area contributed by atoms with Gasteiger partial charge in [-0.05, 0) is 25.8 Å². The number of halogens is 1. The van der Waals surface area contributed by atoms with Crippen LogP contribution in [0.3, 0.4) is 0 Å². The average molecular weight is 345 g/mol. The Morgan fingerprint density at radius 2 is 2.14 bits per heavy atom. The summed E-state index contributed by atoms with van der Waals surface area (Å²) in [6.45, 7) is 2.27. The van der Waals surface area contributed by atoms with Gasteiger partial charge in [0.15, 0.2) is 6.61 Å². The zero-order chi connectivity index (χ0) is 15.9. The molecule has 0 unspecified atom stereocenters. The molecule has 1 aromatic rings. The van der Waals surface area contributed by atoms with Crippen LogP contribution < -0.4 is 10.1 Å². The number of nitrogens with one attached hydrogen (secondary N) is 1. The third-order valence-corrected chi connectivity index (χ3v) is 6.47. The van der Waals surface area contributed by atoms with Crippen LogP contribution in [0.25, 0.3) is 0 Å². The molecule has 0 aliphatic carbocycles. The van der Waals surface area contributed by atoms with Gasteiger partial charge in [0.1, 0.15) is 10.6 Å². The summed E-state index contributed by atoms with van der Waals surface area (Å²) >= 11 is 6.15. The number of fused-ring (bicyclic) bond motifs is 1. The van der Waals surface area contributed by atoms with Crippen LogP contribution in [-0.4, -0.2) is 37.8 Å². The molecule has 1 N–H and O–H groups in total. The summed E-state index contributed by atoms with van der Waals surface area (Å²) in [4.78, 5) is 11.3. The molecule has 0 aromatic heterocycles. The third kappa shape index (κ3) is 2.68. The number of rotatable bonds is 2. The first kappa shape index (κ1) is 15.6. The van der Waals surface area contributed by atoms with Crippen molar-refractivity contribution in [3.05, 3.63) is 17.2 Å². The number of ether oxygens (including phenoxy) is 1. The summed E-state index contributed by atoms with van der Waals surface area (Å²) < 4.78 is 32.5. The third-order valence-electron chi connectivity index (χ3n) is 4.00. The van der Waals surface area contributed by atoms with Crippen LogP contribution in [0.4, 0.5) is 5.69 Å². The van der Waals surface area contributed by atoms with Crippen LogP contribution in [0, 0.1) is 0 Å². The van der Waals surface area contributed by atoms with Crippen molar-refractivity contribution in [2.24, 2.45) is 0 Å². The van der Waals surface area contributed by atoms with Gasteiger partial charge >= 0.3 is 0 Å². The van der Waals surface area contributed by atoms with Gasteiger partial charge in [-0.25, -0.2) is 8.42 Å². The number of anilines is 1. The maximum Gasteiger partial charge on any atom is 0.262 e. The van der Waals surface area contributed by atoms with E-state index in [0.717, 1.165) is 19.3 Å². The van der Waals surface area contributed by atoms with Gasteiger partial charge < -0.3 is 10.1 Å². The summed E-state index contributed by atoms with van der Waals surface area (Å²) in [7, 11) is -3.68. The molecular weight excluding hydrogens is 328 g/mol. The smallest absolute Gasteiger partial charge is 0.262 e. The van der Waals surface area contributed by atoms with Crippen molar-refractivity contribution >= 4 is 33.2 Å². The van der Waals surface area contributed by atoms with E-state index in [1.807, 2.05) is 6.92 Å². The van der Waals surface area contributed by atoms with Crippen LogP contribution in [0.1, 0.15) is 26.2 Å². The summed E-state index contributed by atoms with van der Waals surface area (Å²) in [5.74, 6) is 0.0380. The zero-order valence-corrected chi connectivity index (χ0v) is 13.7. The minimum absolute atomic E-state index is 0.0258. The maximum absolute atomic E-state index is 12.9. The second-order valence-corrected chi connectivity index (χ2v) is 7.84. The fourth-order valence-electron chi connectivity index (χ4n) is 2.83. The molecule has 1 saturated heterocycles. The lowest BCUT2D eigenvalue weighted by molar-refractivity contribution is -0.118. The van der Waals surface area contributed by atoms with E-state index < -0.39 is 10.0 Å². The van der Waals surface area contributed by atoms with Crippen LogP contribution in [0.15, 0.2) is 17.0 Å². The number of carbonyl (C=O) groups is 1. The Labute approximate surface area is 134 Å². The summed E-state index contributed by atoms with van der Waals surface area (Å²) in [5, 5.41) is 2.70. The van der Waals surface area contributed by atoms with E-state index in [0.29, 0.717) is 18.0 Å². The summed E-state index contributed by atoms with van der Waals surface area (Å²) in [6.07, 6.45) is 2.72. The maximum atomic E-state index is 12.9. The fourth-order valence-corrected chi connectivity index (χ4v) is 5.05. The lowest BCUT2D eigenvalue weighted by Crippen LogP contribution is -2.42. The first-order valence-electron chi connectivity index (χ1n) is 7.17. The molecule has 2 aliphatic rings. The molecule has 1 fully saturated rings. The Balaban J connectivity index is 2.02. The highest BCUT2D eigenvalue weighted by atomic mass is 35.5. The monoisotopic (exact) mass is 344 g/mol. The number of hydrogen-bond acceptors (Lipinski definition) is 4. The van der Waals surface area contributed by atoms with Crippen molar-refractivity contribution in [1.29, 1.82) is 0 Å². The van der Waals surface area contributed by atoms with Crippen molar-refractivity contribution in [2.75, 3.05) is 18.5 Å². The number of carbonyl (C=O) groups excluding carboxylic acids is 1. The minimum atomic E-state index is -3.68. The van der Waals surface area contributed by atoms with E-state index >= 15 is 0 Å². The number of nitrogens with zero attached hydrogens (tertiary/aromatic N) is 1. The molecule has 6 nitrogen and oxygen atoms in total. The SMILES string of the molecule is C[C@@H]1CCCCN1S(=O)(=O)c1cc2c(cc1Cl)NC(=O)CO2. The summed E-state index contributed by atoms with van der Waals surface area (Å²) in [6, 6.07) is 2.77. The number of benzene rings is 1. The van der Waals surface area contributed by atoms with Crippen molar-refractivity contribution < 1.29 is 17.9 Å². The minimum Gasteiger partial charge on any atom is -0.482 e. The molecule has 3 rings (SSSR count). The Hall–Kier alpha value is -1.31.